The van der Waals surface area contributed by atoms with Crippen molar-refractivity contribution in [3.05, 3.63) is 93.9 Å². The van der Waals surface area contributed by atoms with Gasteiger partial charge in [0.2, 0.25) is 0 Å². The van der Waals surface area contributed by atoms with Gasteiger partial charge in [-0.05, 0) is 36.4 Å². The van der Waals surface area contributed by atoms with Crippen LogP contribution in [0.2, 0.25) is 0 Å². The largest absolute Gasteiger partial charge is 0.459 e. The third kappa shape index (κ3) is 4.72. The van der Waals surface area contributed by atoms with Gasteiger partial charge < -0.3 is 14.5 Å². The van der Waals surface area contributed by atoms with Crippen LogP contribution < -0.4 is 5.32 Å². The number of anilines is 1. The maximum Gasteiger partial charge on any atom is 0.340 e. The van der Waals surface area contributed by atoms with Crippen molar-refractivity contribution in [1.29, 1.82) is 0 Å². The third-order valence-corrected chi connectivity index (χ3v) is 3.87. The Morgan fingerprint density at radius 1 is 1.00 bits per heavy atom. The minimum atomic E-state index is -0.810. The third-order valence-electron chi connectivity index (χ3n) is 3.87. The molecular formula is C20H14N2O7. The number of para-hydroxylation sites is 1. The number of carbonyl (C=O) groups excluding carboxylic acids is 3. The number of esters is 1. The number of nitro benzene ring substituents is 1. The molecule has 0 unspecified atom stereocenters. The molecule has 3 aromatic rings. The van der Waals surface area contributed by atoms with Gasteiger partial charge in [0.15, 0.2) is 18.2 Å². The molecule has 0 spiro atoms. The SMILES string of the molecule is O=C(COC(=O)c1ccccc1NC(=O)c1ccco1)c1ccc([N+](=O)[O-])cc1. The van der Waals surface area contributed by atoms with Gasteiger partial charge in [-0.3, -0.25) is 19.7 Å². The highest BCUT2D eigenvalue weighted by Gasteiger charge is 2.18. The molecule has 2 aromatic carbocycles. The number of furan rings is 1. The summed E-state index contributed by atoms with van der Waals surface area (Å²) >= 11 is 0. The summed E-state index contributed by atoms with van der Waals surface area (Å²) in [6.45, 7) is -0.558. The fourth-order valence-electron chi connectivity index (χ4n) is 2.42. The lowest BCUT2D eigenvalue weighted by Crippen LogP contribution is -2.18. The van der Waals surface area contributed by atoms with Crippen LogP contribution in [0.4, 0.5) is 11.4 Å². The van der Waals surface area contributed by atoms with Crippen LogP contribution in [0.5, 0.6) is 0 Å². The van der Waals surface area contributed by atoms with Gasteiger partial charge in [-0.2, -0.15) is 0 Å². The van der Waals surface area contributed by atoms with Crippen molar-refractivity contribution < 1.29 is 28.5 Å². The predicted octanol–water partition coefficient (Wildman–Crippen LogP) is 3.48. The smallest absolute Gasteiger partial charge is 0.340 e. The van der Waals surface area contributed by atoms with Crippen LogP contribution in [0.3, 0.4) is 0 Å². The van der Waals surface area contributed by atoms with Crippen LogP contribution in [-0.4, -0.2) is 29.2 Å². The Labute approximate surface area is 164 Å². The Morgan fingerprint density at radius 2 is 1.72 bits per heavy atom. The molecule has 0 saturated carbocycles. The zero-order chi connectivity index (χ0) is 20.8. The summed E-state index contributed by atoms with van der Waals surface area (Å²) in [5, 5.41) is 13.2. The number of Topliss-reactive ketones (excluding diaryl/α,β-unsaturated/α-hetero) is 1. The van der Waals surface area contributed by atoms with E-state index < -0.39 is 29.2 Å². The highest BCUT2D eigenvalue weighted by molar-refractivity contribution is 6.07. The molecular weight excluding hydrogens is 380 g/mol. The molecule has 0 bridgehead atoms. The first-order valence-electron chi connectivity index (χ1n) is 8.34. The van der Waals surface area contributed by atoms with E-state index in [1.54, 1.807) is 18.2 Å². The molecule has 1 heterocycles. The number of ether oxygens (including phenoxy) is 1. The van der Waals surface area contributed by atoms with Gasteiger partial charge in [-0.25, -0.2) is 4.79 Å². The summed E-state index contributed by atoms with van der Waals surface area (Å²) in [5.41, 5.74) is 0.271. The van der Waals surface area contributed by atoms with Crippen molar-refractivity contribution in [2.24, 2.45) is 0 Å². The summed E-state index contributed by atoms with van der Waals surface area (Å²) in [6.07, 6.45) is 1.35. The number of nitrogens with one attached hydrogen (secondary N) is 1. The van der Waals surface area contributed by atoms with E-state index in [9.17, 15) is 24.5 Å². The Morgan fingerprint density at radius 3 is 2.38 bits per heavy atom. The zero-order valence-corrected chi connectivity index (χ0v) is 14.9. The number of amides is 1. The van der Waals surface area contributed by atoms with Crippen LogP contribution >= 0.6 is 0 Å². The van der Waals surface area contributed by atoms with Gasteiger partial charge >= 0.3 is 5.97 Å². The van der Waals surface area contributed by atoms with Gasteiger partial charge in [0, 0.05) is 17.7 Å². The van der Waals surface area contributed by atoms with E-state index in [-0.39, 0.29) is 28.3 Å². The fourth-order valence-corrected chi connectivity index (χ4v) is 2.42. The van der Waals surface area contributed by atoms with E-state index in [4.69, 9.17) is 9.15 Å². The van der Waals surface area contributed by atoms with E-state index in [0.717, 1.165) is 0 Å². The summed E-state index contributed by atoms with van der Waals surface area (Å²) in [6, 6.07) is 14.1. The maximum atomic E-state index is 12.4. The second-order valence-electron chi connectivity index (χ2n) is 5.78. The number of hydrogen-bond donors (Lipinski definition) is 1. The van der Waals surface area contributed by atoms with Crippen molar-refractivity contribution in [2.45, 2.75) is 0 Å². The first kappa shape index (κ1) is 19.5. The lowest BCUT2D eigenvalue weighted by Gasteiger charge is -2.10. The molecule has 9 heteroatoms. The van der Waals surface area contributed by atoms with Crippen LogP contribution in [0.25, 0.3) is 0 Å². The normalized spacial score (nSPS) is 10.2. The number of nitro groups is 1. The molecule has 0 aliphatic heterocycles. The number of hydrogen-bond acceptors (Lipinski definition) is 7. The number of rotatable bonds is 7. The van der Waals surface area contributed by atoms with E-state index in [1.165, 1.54) is 48.7 Å². The quantitative estimate of drug-likeness (QED) is 0.281. The minimum Gasteiger partial charge on any atom is -0.459 e. The predicted molar refractivity (Wildman–Crippen MR) is 101 cm³/mol. The van der Waals surface area contributed by atoms with Crippen molar-refractivity contribution in [2.75, 3.05) is 11.9 Å². The average molecular weight is 394 g/mol. The van der Waals surface area contributed by atoms with Crippen molar-refractivity contribution in [3.63, 3.8) is 0 Å². The summed E-state index contributed by atoms with van der Waals surface area (Å²) in [5.74, 6) is -1.81. The van der Waals surface area contributed by atoms with Crippen LogP contribution in [0.1, 0.15) is 31.3 Å². The highest BCUT2D eigenvalue weighted by atomic mass is 16.6. The second kappa shape index (κ2) is 8.61. The number of ketones is 1. The lowest BCUT2D eigenvalue weighted by molar-refractivity contribution is -0.384. The molecule has 1 amide bonds. The summed E-state index contributed by atoms with van der Waals surface area (Å²) in [7, 11) is 0. The van der Waals surface area contributed by atoms with Crippen molar-refractivity contribution in [1.82, 2.24) is 0 Å². The van der Waals surface area contributed by atoms with Crippen LogP contribution in [-0.2, 0) is 4.74 Å². The molecule has 0 fully saturated rings. The minimum absolute atomic E-state index is 0.0592. The Kier molecular flexibility index (Phi) is 5.79. The molecule has 29 heavy (non-hydrogen) atoms. The topological polar surface area (TPSA) is 129 Å². The summed E-state index contributed by atoms with van der Waals surface area (Å²) < 4.78 is 10.0. The number of nitrogens with zero attached hydrogens (tertiary/aromatic N) is 1. The number of non-ortho nitro benzene ring substituents is 1. The average Bonchev–Trinajstić information content (AvgIpc) is 3.27. The van der Waals surface area contributed by atoms with Crippen LogP contribution in [0, 0.1) is 10.1 Å². The van der Waals surface area contributed by atoms with Gasteiger partial charge in [-0.1, -0.05) is 12.1 Å². The molecule has 0 aliphatic rings. The Balaban J connectivity index is 1.65. The molecule has 1 aromatic heterocycles. The molecule has 0 aliphatic carbocycles. The molecule has 0 atom stereocenters. The van der Waals surface area contributed by atoms with E-state index in [1.807, 2.05) is 0 Å². The zero-order valence-electron chi connectivity index (χ0n) is 14.9. The van der Waals surface area contributed by atoms with Gasteiger partial charge in [0.25, 0.3) is 11.6 Å². The van der Waals surface area contributed by atoms with Gasteiger partial charge in [0.1, 0.15) is 0 Å². The molecule has 1 N–H and O–H groups in total. The van der Waals surface area contributed by atoms with Crippen molar-refractivity contribution >= 4 is 29.0 Å². The monoisotopic (exact) mass is 394 g/mol. The van der Waals surface area contributed by atoms with Gasteiger partial charge in [-0.15, -0.1) is 0 Å². The van der Waals surface area contributed by atoms with E-state index in [2.05, 4.69) is 5.32 Å². The molecule has 0 saturated heterocycles. The standard InChI is InChI=1S/C20H14N2O7/c23-17(13-7-9-14(10-8-13)22(26)27)12-29-20(25)15-4-1-2-5-16(15)21-19(24)18-6-3-11-28-18/h1-11H,12H2,(H,21,24). The Hall–Kier alpha value is -4.27. The molecule has 9 nitrogen and oxygen atoms in total. The maximum absolute atomic E-state index is 12.4. The number of benzene rings is 2. The first-order valence-corrected chi connectivity index (χ1v) is 8.34. The lowest BCUT2D eigenvalue weighted by atomic mass is 10.1. The highest BCUT2D eigenvalue weighted by Crippen LogP contribution is 2.18. The first-order chi connectivity index (χ1) is 14.0. The fraction of sp³-hybridized carbons (Fsp3) is 0.0500. The Bertz CT molecular complexity index is 1060. The van der Waals surface area contributed by atoms with Gasteiger partial charge in [0.05, 0.1) is 22.4 Å². The van der Waals surface area contributed by atoms with Crippen molar-refractivity contribution in [3.8, 4) is 0 Å². The summed E-state index contributed by atoms with van der Waals surface area (Å²) in [4.78, 5) is 46.7. The molecule has 0 radical (unpaired) electrons. The molecule has 3 rings (SSSR count). The molecule has 146 valence electrons. The van der Waals surface area contributed by atoms with E-state index in [0.29, 0.717) is 0 Å². The number of carbonyl (C=O) groups is 3. The van der Waals surface area contributed by atoms with E-state index >= 15 is 0 Å². The second-order valence-corrected chi connectivity index (χ2v) is 5.78. The van der Waals surface area contributed by atoms with Crippen LogP contribution in [0.15, 0.2) is 71.3 Å².